The highest BCUT2D eigenvalue weighted by atomic mass is 16.7. The molecule has 0 aliphatic carbocycles. The lowest BCUT2D eigenvalue weighted by Gasteiger charge is -2.33. The van der Waals surface area contributed by atoms with Crippen LogP contribution >= 0.6 is 0 Å². The maximum Gasteiger partial charge on any atom is 0.323 e. The molecule has 1 heterocycles. The van der Waals surface area contributed by atoms with Crippen LogP contribution in [-0.2, 0) is 22.5 Å². The van der Waals surface area contributed by atoms with E-state index in [1.165, 1.54) is 5.56 Å². The van der Waals surface area contributed by atoms with E-state index in [2.05, 4.69) is 22.0 Å². The Morgan fingerprint density at radius 3 is 2.48 bits per heavy atom. The zero-order chi connectivity index (χ0) is 31.2. The predicted molar refractivity (Wildman–Crippen MR) is 176 cm³/mol. The Kier molecular flexibility index (Phi) is 13.1. The van der Waals surface area contributed by atoms with Crippen LogP contribution in [0.2, 0.25) is 0 Å². The molecule has 0 aromatic heterocycles. The van der Waals surface area contributed by atoms with E-state index in [1.54, 1.807) is 0 Å². The number of amides is 2. The lowest BCUT2D eigenvalue weighted by atomic mass is 10.0. The lowest BCUT2D eigenvalue weighted by Crippen LogP contribution is -2.35. The molecule has 3 aromatic carbocycles. The summed E-state index contributed by atoms with van der Waals surface area (Å²) in [6.45, 7) is 9.29. The molecule has 1 aliphatic heterocycles. The number of urea groups is 1. The summed E-state index contributed by atoms with van der Waals surface area (Å²) in [5.41, 5.74) is 5.77. The number of carbonyl (C=O) groups excluding carboxylic acids is 1. The number of aryl methyl sites for hydroxylation is 2. The van der Waals surface area contributed by atoms with Crippen molar-refractivity contribution in [2.75, 3.05) is 36.9 Å². The summed E-state index contributed by atoms with van der Waals surface area (Å²) in [6.07, 6.45) is 6.88. The molecule has 0 spiro atoms. The van der Waals surface area contributed by atoms with E-state index in [9.17, 15) is 9.90 Å². The number of anilines is 2. The van der Waals surface area contributed by atoms with Crippen LogP contribution in [0, 0.1) is 6.92 Å². The molecule has 0 unspecified atom stereocenters. The van der Waals surface area contributed by atoms with Crippen molar-refractivity contribution in [3.8, 4) is 5.75 Å². The summed E-state index contributed by atoms with van der Waals surface area (Å²) in [5.74, 6) is 0.213. The summed E-state index contributed by atoms with van der Waals surface area (Å²) < 4.78 is 17.4. The Hall–Kier alpha value is -3.43. The topological polar surface area (TPSA) is 101 Å². The van der Waals surface area contributed by atoms with Crippen LogP contribution in [0.25, 0.3) is 0 Å². The number of hydrogen-bond donors (Lipinski definition) is 4. The van der Waals surface area contributed by atoms with Gasteiger partial charge in [0.25, 0.3) is 0 Å². The second kappa shape index (κ2) is 17.2. The van der Waals surface area contributed by atoms with Gasteiger partial charge < -0.3 is 35.3 Å². The molecule has 0 fully saturated rings. The first-order valence-electron chi connectivity index (χ1n) is 15.9. The zero-order valence-corrected chi connectivity index (χ0v) is 26.5. The summed E-state index contributed by atoms with van der Waals surface area (Å²) in [4.78, 5) is 12.3. The van der Waals surface area contributed by atoms with E-state index in [0.717, 1.165) is 98.5 Å². The summed E-state index contributed by atoms with van der Waals surface area (Å²) in [6, 6.07) is 21.3. The molecule has 0 saturated carbocycles. The van der Waals surface area contributed by atoms with Gasteiger partial charge in [0.15, 0.2) is 0 Å². The van der Waals surface area contributed by atoms with Crippen LogP contribution in [0.15, 0.2) is 66.7 Å². The fraction of sp³-hybridized carbons (Fsp3) is 0.472. The highest BCUT2D eigenvalue weighted by Crippen LogP contribution is 2.32. The van der Waals surface area contributed by atoms with Crippen molar-refractivity contribution in [1.82, 2.24) is 5.32 Å². The third-order valence-corrected chi connectivity index (χ3v) is 7.63. The Balaban J connectivity index is 0.973. The summed E-state index contributed by atoms with van der Waals surface area (Å²) >= 11 is 0. The molecule has 8 nitrogen and oxygen atoms in total. The van der Waals surface area contributed by atoms with E-state index in [4.69, 9.17) is 14.2 Å². The molecular weight excluding hydrogens is 554 g/mol. The van der Waals surface area contributed by atoms with E-state index >= 15 is 0 Å². The lowest BCUT2D eigenvalue weighted by molar-refractivity contribution is -0.180. The Morgan fingerprint density at radius 2 is 1.66 bits per heavy atom. The van der Waals surface area contributed by atoms with Gasteiger partial charge in [-0.15, -0.1) is 0 Å². The standard InChI is InChI=1S/C36H49N3O5/c1-27-14-17-31(18-15-27)38-35(41)39-32-13-10-12-28(23-32)11-6-9-22-42-21-8-5-4-7-20-37-25-33(40)29-16-19-34-30(24-29)26-43-36(2,3)44-34/h10,12-19,23-24,33,37,40H,4-9,11,20-22,25-26H2,1-3H3,(H2,38,39,41)/t33-/m1/s1. The monoisotopic (exact) mass is 603 g/mol. The number of unbranched alkanes of at least 4 members (excludes halogenated alkanes) is 4. The van der Waals surface area contributed by atoms with Crippen molar-refractivity contribution >= 4 is 17.4 Å². The Labute approximate surface area is 262 Å². The number of aliphatic hydroxyl groups is 1. The fourth-order valence-corrected chi connectivity index (χ4v) is 5.10. The molecule has 0 saturated heterocycles. The third kappa shape index (κ3) is 11.6. The van der Waals surface area contributed by atoms with Gasteiger partial charge in [0.05, 0.1) is 12.7 Å². The van der Waals surface area contributed by atoms with E-state index in [-0.39, 0.29) is 6.03 Å². The maximum absolute atomic E-state index is 12.3. The average Bonchev–Trinajstić information content (AvgIpc) is 3.00. The second-order valence-corrected chi connectivity index (χ2v) is 12.0. The number of carbonyl (C=O) groups is 1. The number of benzene rings is 3. The maximum atomic E-state index is 12.3. The first-order chi connectivity index (χ1) is 21.3. The van der Waals surface area contributed by atoms with Crippen LogP contribution in [0.5, 0.6) is 5.75 Å². The van der Waals surface area contributed by atoms with Gasteiger partial charge in [-0.2, -0.15) is 0 Å². The molecule has 1 aliphatic rings. The second-order valence-electron chi connectivity index (χ2n) is 12.0. The fourth-order valence-electron chi connectivity index (χ4n) is 5.10. The third-order valence-electron chi connectivity index (χ3n) is 7.63. The summed E-state index contributed by atoms with van der Waals surface area (Å²) in [5, 5.41) is 19.7. The highest BCUT2D eigenvalue weighted by Gasteiger charge is 2.27. The highest BCUT2D eigenvalue weighted by molar-refractivity contribution is 5.99. The Morgan fingerprint density at radius 1 is 0.909 bits per heavy atom. The van der Waals surface area contributed by atoms with Crippen molar-refractivity contribution in [3.63, 3.8) is 0 Å². The van der Waals surface area contributed by atoms with Crippen LogP contribution in [0.3, 0.4) is 0 Å². The van der Waals surface area contributed by atoms with Crippen molar-refractivity contribution in [2.45, 2.75) is 84.2 Å². The van der Waals surface area contributed by atoms with Gasteiger partial charge in [-0.3, -0.25) is 0 Å². The van der Waals surface area contributed by atoms with E-state index < -0.39 is 11.9 Å². The summed E-state index contributed by atoms with van der Waals surface area (Å²) in [7, 11) is 0. The SMILES string of the molecule is Cc1ccc(NC(=O)Nc2cccc(CCCCOCCCCCCNC[C@@H](O)c3ccc4c(c3)COC(C)(C)O4)c2)cc1. The molecule has 44 heavy (non-hydrogen) atoms. The van der Waals surface area contributed by atoms with Crippen LogP contribution in [0.1, 0.15) is 80.7 Å². The molecule has 2 amide bonds. The minimum atomic E-state index is -0.612. The van der Waals surface area contributed by atoms with E-state index in [1.807, 2.05) is 81.4 Å². The molecule has 0 bridgehead atoms. The van der Waals surface area contributed by atoms with Gasteiger partial charge in [-0.25, -0.2) is 4.79 Å². The zero-order valence-electron chi connectivity index (χ0n) is 26.5. The van der Waals surface area contributed by atoms with Crippen LogP contribution in [-0.4, -0.2) is 43.2 Å². The minimum Gasteiger partial charge on any atom is -0.463 e. The minimum absolute atomic E-state index is 0.243. The molecule has 4 rings (SSSR count). The number of hydrogen-bond acceptors (Lipinski definition) is 6. The molecular formula is C36H49N3O5. The number of nitrogens with one attached hydrogen (secondary N) is 3. The van der Waals surface area contributed by atoms with E-state index in [0.29, 0.717) is 13.2 Å². The number of aliphatic hydroxyl groups excluding tert-OH is 1. The molecule has 3 aromatic rings. The molecule has 8 heteroatoms. The first kappa shape index (κ1) is 33.5. The quantitative estimate of drug-likeness (QED) is 0.119. The average molecular weight is 604 g/mol. The van der Waals surface area contributed by atoms with Gasteiger partial charge in [0, 0.05) is 50.5 Å². The molecule has 0 radical (unpaired) electrons. The van der Waals surface area contributed by atoms with Crippen LogP contribution in [0.4, 0.5) is 16.2 Å². The normalized spacial score (nSPS) is 14.4. The number of ether oxygens (including phenoxy) is 3. The van der Waals surface area contributed by atoms with Gasteiger partial charge in [-0.1, -0.05) is 48.7 Å². The van der Waals surface area contributed by atoms with Gasteiger partial charge >= 0.3 is 6.03 Å². The number of fused-ring (bicyclic) bond motifs is 1. The van der Waals surface area contributed by atoms with Crippen molar-refractivity contribution in [1.29, 1.82) is 0 Å². The largest absolute Gasteiger partial charge is 0.463 e. The number of rotatable bonds is 17. The van der Waals surface area contributed by atoms with Gasteiger partial charge in [0.2, 0.25) is 5.79 Å². The van der Waals surface area contributed by atoms with Gasteiger partial charge in [-0.05, 0) is 93.1 Å². The first-order valence-corrected chi connectivity index (χ1v) is 15.9. The molecule has 4 N–H and O–H groups in total. The van der Waals surface area contributed by atoms with Crippen molar-refractivity contribution < 1.29 is 24.1 Å². The van der Waals surface area contributed by atoms with Crippen molar-refractivity contribution in [2.24, 2.45) is 0 Å². The Bertz CT molecular complexity index is 1310. The molecule has 1 atom stereocenters. The van der Waals surface area contributed by atoms with Gasteiger partial charge in [0.1, 0.15) is 5.75 Å². The predicted octanol–water partition coefficient (Wildman–Crippen LogP) is 7.51. The smallest absolute Gasteiger partial charge is 0.323 e. The van der Waals surface area contributed by atoms with Crippen molar-refractivity contribution in [3.05, 3.63) is 89.0 Å². The van der Waals surface area contributed by atoms with Crippen LogP contribution < -0.4 is 20.7 Å². The molecule has 238 valence electrons.